The molecule has 2 rings (SSSR count). The number of rotatable bonds is 8. The first-order valence-corrected chi connectivity index (χ1v) is 9.30. The van der Waals surface area contributed by atoms with Gasteiger partial charge in [-0.15, -0.1) is 0 Å². The average Bonchev–Trinajstić information content (AvgIpc) is 3.07. The summed E-state index contributed by atoms with van der Waals surface area (Å²) in [6, 6.07) is 3.81. The van der Waals surface area contributed by atoms with Crippen LogP contribution >= 0.6 is 21.6 Å². The Morgan fingerprint density at radius 3 is 3.16 bits per heavy atom. The van der Waals surface area contributed by atoms with Crippen molar-refractivity contribution in [1.82, 2.24) is 5.32 Å². The quantitative estimate of drug-likeness (QED) is 0.587. The second kappa shape index (κ2) is 8.59. The molecule has 1 saturated heterocycles. The lowest BCUT2D eigenvalue weighted by Crippen LogP contribution is -2.25. The standard InChI is InChI=1S/C14H21NO2S2/c16-14(15-9-7-12-4-3-10-17-12)6-2-1-5-13-8-11-18-19-13/h3-4,10,13H,1-2,5-9,11H2,(H,15,16). The van der Waals surface area contributed by atoms with Crippen molar-refractivity contribution in [3.05, 3.63) is 24.2 Å². The molecule has 1 N–H and O–H groups in total. The van der Waals surface area contributed by atoms with E-state index in [2.05, 4.69) is 5.32 Å². The van der Waals surface area contributed by atoms with Crippen LogP contribution in [0.3, 0.4) is 0 Å². The molecule has 19 heavy (non-hydrogen) atoms. The van der Waals surface area contributed by atoms with Gasteiger partial charge in [0.1, 0.15) is 5.76 Å². The highest BCUT2D eigenvalue weighted by molar-refractivity contribution is 8.77. The summed E-state index contributed by atoms with van der Waals surface area (Å²) in [4.78, 5) is 11.6. The van der Waals surface area contributed by atoms with Crippen molar-refractivity contribution >= 4 is 27.5 Å². The molecule has 0 spiro atoms. The van der Waals surface area contributed by atoms with E-state index in [1.165, 1.54) is 25.0 Å². The molecule has 1 aromatic heterocycles. The van der Waals surface area contributed by atoms with Gasteiger partial charge in [0.15, 0.2) is 0 Å². The van der Waals surface area contributed by atoms with E-state index in [4.69, 9.17) is 4.42 Å². The molecule has 2 heterocycles. The fourth-order valence-electron chi connectivity index (χ4n) is 2.09. The van der Waals surface area contributed by atoms with Crippen molar-refractivity contribution < 1.29 is 9.21 Å². The van der Waals surface area contributed by atoms with Crippen LogP contribution in [-0.2, 0) is 11.2 Å². The van der Waals surface area contributed by atoms with Crippen LogP contribution in [0.4, 0.5) is 0 Å². The Kier molecular flexibility index (Phi) is 6.71. The molecule has 1 amide bonds. The molecule has 1 unspecified atom stereocenters. The minimum atomic E-state index is 0.167. The van der Waals surface area contributed by atoms with E-state index >= 15 is 0 Å². The summed E-state index contributed by atoms with van der Waals surface area (Å²) in [5, 5.41) is 3.77. The van der Waals surface area contributed by atoms with Gasteiger partial charge in [-0.2, -0.15) is 0 Å². The molecule has 1 aromatic rings. The van der Waals surface area contributed by atoms with Crippen LogP contribution in [0.1, 0.15) is 37.9 Å². The summed E-state index contributed by atoms with van der Waals surface area (Å²) in [6.07, 6.45) is 7.87. The van der Waals surface area contributed by atoms with Gasteiger partial charge in [-0.1, -0.05) is 28.0 Å². The lowest BCUT2D eigenvalue weighted by molar-refractivity contribution is -0.121. The highest BCUT2D eigenvalue weighted by Gasteiger charge is 2.15. The SMILES string of the molecule is O=C(CCCCC1CCSS1)NCCc1ccco1. The predicted octanol–water partition coefficient (Wildman–Crippen LogP) is 3.65. The van der Waals surface area contributed by atoms with Gasteiger partial charge in [0.05, 0.1) is 6.26 Å². The summed E-state index contributed by atoms with van der Waals surface area (Å²) in [5.74, 6) is 2.39. The Morgan fingerprint density at radius 2 is 2.42 bits per heavy atom. The molecule has 106 valence electrons. The number of carbonyl (C=O) groups excluding carboxylic acids is 1. The van der Waals surface area contributed by atoms with Crippen molar-refractivity contribution in [2.24, 2.45) is 0 Å². The molecular weight excluding hydrogens is 278 g/mol. The van der Waals surface area contributed by atoms with Crippen LogP contribution in [0.15, 0.2) is 22.8 Å². The van der Waals surface area contributed by atoms with Crippen LogP contribution in [0.5, 0.6) is 0 Å². The Hall–Kier alpha value is -0.550. The predicted molar refractivity (Wildman–Crippen MR) is 82.3 cm³/mol. The minimum absolute atomic E-state index is 0.167. The molecule has 3 nitrogen and oxygen atoms in total. The van der Waals surface area contributed by atoms with Crippen LogP contribution in [0.2, 0.25) is 0 Å². The number of hydrogen-bond donors (Lipinski definition) is 1. The molecule has 0 bridgehead atoms. The average molecular weight is 299 g/mol. The van der Waals surface area contributed by atoms with E-state index in [1.54, 1.807) is 6.26 Å². The molecule has 1 atom stereocenters. The first-order chi connectivity index (χ1) is 9.34. The Balaban J connectivity index is 1.45. The van der Waals surface area contributed by atoms with Crippen LogP contribution in [-0.4, -0.2) is 23.5 Å². The van der Waals surface area contributed by atoms with Gasteiger partial charge < -0.3 is 9.73 Å². The zero-order chi connectivity index (χ0) is 13.3. The molecule has 0 aliphatic carbocycles. The second-order valence-electron chi connectivity index (χ2n) is 4.75. The fraction of sp³-hybridized carbons (Fsp3) is 0.643. The normalized spacial score (nSPS) is 18.6. The number of nitrogens with one attached hydrogen (secondary N) is 1. The van der Waals surface area contributed by atoms with Crippen LogP contribution in [0.25, 0.3) is 0 Å². The summed E-state index contributed by atoms with van der Waals surface area (Å²) < 4.78 is 5.22. The Bertz CT molecular complexity index is 362. The summed E-state index contributed by atoms with van der Waals surface area (Å²) in [5.41, 5.74) is 0. The lowest BCUT2D eigenvalue weighted by Gasteiger charge is -2.07. The third-order valence-corrected chi connectivity index (χ3v) is 6.19. The van der Waals surface area contributed by atoms with Crippen LogP contribution in [0, 0.1) is 0 Å². The first-order valence-electron chi connectivity index (χ1n) is 6.92. The lowest BCUT2D eigenvalue weighted by atomic mass is 10.1. The molecular formula is C14H21NO2S2. The molecule has 1 aliphatic heterocycles. The van der Waals surface area contributed by atoms with Gasteiger partial charge in [0.25, 0.3) is 0 Å². The highest BCUT2D eigenvalue weighted by Crippen LogP contribution is 2.39. The van der Waals surface area contributed by atoms with Crippen LogP contribution < -0.4 is 5.32 Å². The van der Waals surface area contributed by atoms with E-state index < -0.39 is 0 Å². The number of furan rings is 1. The monoisotopic (exact) mass is 299 g/mol. The van der Waals surface area contributed by atoms with Gasteiger partial charge in [0, 0.05) is 30.4 Å². The molecule has 0 saturated carbocycles. The van der Waals surface area contributed by atoms with Crippen molar-refractivity contribution in [3.8, 4) is 0 Å². The zero-order valence-electron chi connectivity index (χ0n) is 11.1. The number of unbranched alkanes of at least 4 members (excludes halogenated alkanes) is 1. The van der Waals surface area contributed by atoms with Gasteiger partial charge >= 0.3 is 0 Å². The second-order valence-corrected chi connectivity index (χ2v) is 7.54. The summed E-state index contributed by atoms with van der Waals surface area (Å²) in [6.45, 7) is 0.668. The zero-order valence-corrected chi connectivity index (χ0v) is 12.7. The van der Waals surface area contributed by atoms with Gasteiger partial charge in [-0.05, 0) is 31.4 Å². The molecule has 5 heteroatoms. The third-order valence-electron chi connectivity index (χ3n) is 3.18. The van der Waals surface area contributed by atoms with E-state index in [-0.39, 0.29) is 5.91 Å². The topological polar surface area (TPSA) is 42.2 Å². The van der Waals surface area contributed by atoms with E-state index in [0.717, 1.165) is 23.9 Å². The smallest absolute Gasteiger partial charge is 0.220 e. The van der Waals surface area contributed by atoms with E-state index in [1.807, 2.05) is 33.7 Å². The number of carbonyl (C=O) groups is 1. The molecule has 0 radical (unpaired) electrons. The Morgan fingerprint density at radius 1 is 1.47 bits per heavy atom. The maximum absolute atomic E-state index is 11.6. The van der Waals surface area contributed by atoms with Crippen molar-refractivity contribution in [2.75, 3.05) is 12.3 Å². The number of hydrogen-bond acceptors (Lipinski definition) is 4. The molecule has 0 aromatic carbocycles. The largest absolute Gasteiger partial charge is 0.469 e. The Labute approximate surface area is 122 Å². The maximum Gasteiger partial charge on any atom is 0.220 e. The molecule has 1 aliphatic rings. The van der Waals surface area contributed by atoms with Gasteiger partial charge in [-0.25, -0.2) is 0 Å². The maximum atomic E-state index is 11.6. The minimum Gasteiger partial charge on any atom is -0.469 e. The van der Waals surface area contributed by atoms with Crippen molar-refractivity contribution in [3.63, 3.8) is 0 Å². The summed E-state index contributed by atoms with van der Waals surface area (Å²) in [7, 11) is 4.00. The fourth-order valence-corrected chi connectivity index (χ4v) is 5.12. The first kappa shape index (κ1) is 14.9. The van der Waals surface area contributed by atoms with Gasteiger partial charge in [-0.3, -0.25) is 4.79 Å². The third kappa shape index (κ3) is 5.95. The number of amides is 1. The summed E-state index contributed by atoms with van der Waals surface area (Å²) >= 11 is 0. The van der Waals surface area contributed by atoms with Gasteiger partial charge in [0.2, 0.25) is 5.91 Å². The van der Waals surface area contributed by atoms with E-state index in [0.29, 0.717) is 13.0 Å². The van der Waals surface area contributed by atoms with Crippen molar-refractivity contribution in [2.45, 2.75) is 43.8 Å². The van der Waals surface area contributed by atoms with E-state index in [9.17, 15) is 4.79 Å². The molecule has 1 fully saturated rings. The van der Waals surface area contributed by atoms with Crippen molar-refractivity contribution in [1.29, 1.82) is 0 Å². The highest BCUT2D eigenvalue weighted by atomic mass is 33.1.